The van der Waals surface area contributed by atoms with E-state index in [4.69, 9.17) is 5.11 Å². The first kappa shape index (κ1) is 16.7. The lowest BCUT2D eigenvalue weighted by Gasteiger charge is -2.32. The number of carbonyl (C=O) groups excluding carboxylic acids is 1. The number of thiazole rings is 1. The fraction of sp³-hybridized carbons (Fsp3) is 0.333. The van der Waals surface area contributed by atoms with Crippen molar-refractivity contribution in [3.63, 3.8) is 0 Å². The van der Waals surface area contributed by atoms with E-state index in [1.807, 2.05) is 30.0 Å². The van der Waals surface area contributed by atoms with E-state index in [1.165, 1.54) is 6.20 Å². The molecule has 1 aliphatic rings. The van der Waals surface area contributed by atoms with Gasteiger partial charge in [0.1, 0.15) is 0 Å². The summed E-state index contributed by atoms with van der Waals surface area (Å²) in [7, 11) is 0. The van der Waals surface area contributed by atoms with E-state index >= 15 is 0 Å². The van der Waals surface area contributed by atoms with E-state index in [-0.39, 0.29) is 17.5 Å². The van der Waals surface area contributed by atoms with Crippen LogP contribution in [0.25, 0.3) is 10.2 Å². The molecule has 0 spiro atoms. The number of hydrogen-bond donors (Lipinski definition) is 1. The Bertz CT molecular complexity index is 985. The lowest BCUT2D eigenvalue weighted by molar-refractivity contribution is 0.0688. The predicted molar refractivity (Wildman–Crippen MR) is 97.7 cm³/mol. The molecule has 0 aliphatic carbocycles. The van der Waals surface area contributed by atoms with Crippen molar-refractivity contribution in [3.05, 3.63) is 46.7 Å². The van der Waals surface area contributed by atoms with E-state index in [1.54, 1.807) is 22.2 Å². The second-order valence-electron chi connectivity index (χ2n) is 6.45. The second kappa shape index (κ2) is 6.53. The van der Waals surface area contributed by atoms with E-state index in [2.05, 4.69) is 10.1 Å². The fourth-order valence-corrected chi connectivity index (χ4v) is 4.20. The summed E-state index contributed by atoms with van der Waals surface area (Å²) >= 11 is 1.59. The van der Waals surface area contributed by atoms with Crippen molar-refractivity contribution < 1.29 is 14.7 Å². The van der Waals surface area contributed by atoms with Crippen LogP contribution in [-0.2, 0) is 0 Å². The molecule has 26 heavy (non-hydrogen) atoms. The van der Waals surface area contributed by atoms with Crippen LogP contribution >= 0.6 is 11.3 Å². The average Bonchev–Trinajstić information content (AvgIpc) is 3.26. The summed E-state index contributed by atoms with van der Waals surface area (Å²) in [4.78, 5) is 30.1. The van der Waals surface area contributed by atoms with Crippen LogP contribution in [0.15, 0.2) is 30.6 Å². The molecule has 8 heteroatoms. The van der Waals surface area contributed by atoms with E-state index < -0.39 is 5.97 Å². The maximum atomic E-state index is 12.8. The summed E-state index contributed by atoms with van der Waals surface area (Å²) in [6, 6.07) is 5.78. The maximum Gasteiger partial charge on any atom is 0.338 e. The molecule has 0 saturated carbocycles. The molecule has 3 heterocycles. The van der Waals surface area contributed by atoms with Crippen LogP contribution in [0.3, 0.4) is 0 Å². The second-order valence-corrected chi connectivity index (χ2v) is 7.69. The van der Waals surface area contributed by atoms with Gasteiger partial charge in [0.25, 0.3) is 5.91 Å². The van der Waals surface area contributed by atoms with Crippen LogP contribution in [0.2, 0.25) is 0 Å². The number of aromatic carboxylic acids is 1. The SMILES string of the molecule is Cc1nc2ccc(C(=O)N3CCC(n4cc(C(=O)O)cn4)CC3)cc2s1. The average molecular weight is 370 g/mol. The highest BCUT2D eigenvalue weighted by atomic mass is 32.1. The molecule has 0 bridgehead atoms. The van der Waals surface area contributed by atoms with E-state index in [0.717, 1.165) is 28.1 Å². The molecule has 4 rings (SSSR count). The Morgan fingerprint density at radius 3 is 2.69 bits per heavy atom. The van der Waals surface area contributed by atoms with Gasteiger partial charge in [-0.25, -0.2) is 9.78 Å². The maximum absolute atomic E-state index is 12.8. The molecule has 0 radical (unpaired) electrons. The molecule has 1 aliphatic heterocycles. The van der Waals surface area contributed by atoms with E-state index in [9.17, 15) is 9.59 Å². The summed E-state index contributed by atoms with van der Waals surface area (Å²) in [5.74, 6) is -0.944. The van der Waals surface area contributed by atoms with Crippen LogP contribution in [0.4, 0.5) is 0 Å². The number of amides is 1. The van der Waals surface area contributed by atoms with Gasteiger partial charge in [-0.15, -0.1) is 11.3 Å². The monoisotopic (exact) mass is 370 g/mol. The number of likely N-dealkylation sites (tertiary alicyclic amines) is 1. The number of piperidine rings is 1. The number of aryl methyl sites for hydroxylation is 1. The predicted octanol–water partition coefficient (Wildman–Crippen LogP) is 2.98. The molecule has 1 amide bonds. The van der Waals surface area contributed by atoms with Crippen LogP contribution < -0.4 is 0 Å². The van der Waals surface area contributed by atoms with Gasteiger partial charge < -0.3 is 10.0 Å². The first-order valence-corrected chi connectivity index (χ1v) is 9.27. The van der Waals surface area contributed by atoms with Gasteiger partial charge in [-0.2, -0.15) is 5.10 Å². The van der Waals surface area contributed by atoms with Crippen molar-refractivity contribution in [2.24, 2.45) is 0 Å². The number of nitrogens with zero attached hydrogens (tertiary/aromatic N) is 4. The zero-order valence-electron chi connectivity index (χ0n) is 14.3. The number of benzene rings is 1. The third kappa shape index (κ3) is 3.08. The van der Waals surface area contributed by atoms with Crippen molar-refractivity contribution >= 4 is 33.4 Å². The molecule has 1 fully saturated rings. The molecule has 2 aromatic heterocycles. The standard InChI is InChI=1S/C18H18N4O3S/c1-11-20-15-3-2-12(8-16(15)26-11)17(23)21-6-4-14(5-7-21)22-10-13(9-19-22)18(24)25/h2-3,8-10,14H,4-7H2,1H3,(H,24,25). The van der Waals surface area contributed by atoms with Gasteiger partial charge in [0.15, 0.2) is 0 Å². The molecule has 1 N–H and O–H groups in total. The molecule has 1 saturated heterocycles. The first-order chi connectivity index (χ1) is 12.5. The fourth-order valence-electron chi connectivity index (χ4n) is 3.34. The molecule has 1 aromatic carbocycles. The molecule has 3 aromatic rings. The smallest absolute Gasteiger partial charge is 0.338 e. The minimum absolute atomic E-state index is 0.0306. The minimum Gasteiger partial charge on any atom is -0.478 e. The van der Waals surface area contributed by atoms with Crippen LogP contribution in [0, 0.1) is 6.92 Å². The van der Waals surface area contributed by atoms with Gasteiger partial charge in [0, 0.05) is 24.8 Å². The van der Waals surface area contributed by atoms with Gasteiger partial charge in [-0.1, -0.05) is 0 Å². The summed E-state index contributed by atoms with van der Waals surface area (Å²) in [6.07, 6.45) is 4.44. The molecule has 7 nitrogen and oxygen atoms in total. The summed E-state index contributed by atoms with van der Waals surface area (Å²) < 4.78 is 2.73. The highest BCUT2D eigenvalue weighted by Crippen LogP contribution is 2.26. The zero-order chi connectivity index (χ0) is 18.3. The van der Waals surface area contributed by atoms with Gasteiger partial charge >= 0.3 is 5.97 Å². The van der Waals surface area contributed by atoms with Crippen molar-refractivity contribution in [1.82, 2.24) is 19.7 Å². The lowest BCUT2D eigenvalue weighted by atomic mass is 10.0. The molecular weight excluding hydrogens is 352 g/mol. The van der Waals surface area contributed by atoms with Crippen molar-refractivity contribution in [2.75, 3.05) is 13.1 Å². The number of aromatic nitrogens is 3. The normalized spacial score (nSPS) is 15.5. The Morgan fingerprint density at radius 2 is 2.00 bits per heavy atom. The van der Waals surface area contributed by atoms with Crippen molar-refractivity contribution in [2.45, 2.75) is 25.8 Å². The van der Waals surface area contributed by atoms with Crippen molar-refractivity contribution in [1.29, 1.82) is 0 Å². The third-order valence-corrected chi connectivity index (χ3v) is 5.65. The summed E-state index contributed by atoms with van der Waals surface area (Å²) in [5.41, 5.74) is 1.80. The molecular formula is C18H18N4O3S. The Hall–Kier alpha value is -2.74. The highest BCUT2D eigenvalue weighted by molar-refractivity contribution is 7.18. The number of carbonyl (C=O) groups is 2. The highest BCUT2D eigenvalue weighted by Gasteiger charge is 2.25. The topological polar surface area (TPSA) is 88.3 Å². The van der Waals surface area contributed by atoms with E-state index in [0.29, 0.717) is 18.7 Å². The number of carboxylic acids is 1. The Kier molecular flexibility index (Phi) is 4.20. The van der Waals surface area contributed by atoms with Crippen LogP contribution in [0.5, 0.6) is 0 Å². The number of rotatable bonds is 3. The summed E-state index contributed by atoms with van der Waals surface area (Å²) in [6.45, 7) is 3.22. The third-order valence-electron chi connectivity index (χ3n) is 4.72. The lowest BCUT2D eigenvalue weighted by Crippen LogP contribution is -2.39. The van der Waals surface area contributed by atoms with Gasteiger partial charge in [-0.3, -0.25) is 9.48 Å². The molecule has 134 valence electrons. The van der Waals surface area contributed by atoms with Gasteiger partial charge in [-0.05, 0) is 38.0 Å². The number of carboxylic acid groups (broad SMARTS) is 1. The van der Waals surface area contributed by atoms with Crippen molar-refractivity contribution in [3.8, 4) is 0 Å². The van der Waals surface area contributed by atoms with Crippen LogP contribution in [-0.4, -0.2) is 49.7 Å². The Labute approximate surface area is 153 Å². The number of fused-ring (bicyclic) bond motifs is 1. The molecule has 0 unspecified atom stereocenters. The largest absolute Gasteiger partial charge is 0.478 e. The number of hydrogen-bond acceptors (Lipinski definition) is 5. The Balaban J connectivity index is 1.44. The van der Waals surface area contributed by atoms with Gasteiger partial charge in [0.2, 0.25) is 0 Å². The molecule has 0 atom stereocenters. The first-order valence-electron chi connectivity index (χ1n) is 8.45. The minimum atomic E-state index is -0.974. The quantitative estimate of drug-likeness (QED) is 0.766. The van der Waals surface area contributed by atoms with Crippen LogP contribution in [0.1, 0.15) is 44.6 Å². The van der Waals surface area contributed by atoms with Gasteiger partial charge in [0.05, 0.1) is 33.0 Å². The zero-order valence-corrected chi connectivity index (χ0v) is 15.1. The summed E-state index contributed by atoms with van der Waals surface area (Å²) in [5, 5.41) is 14.1. The Morgan fingerprint density at radius 1 is 1.23 bits per heavy atom.